The summed E-state index contributed by atoms with van der Waals surface area (Å²) in [5.74, 6) is 0.514. The van der Waals surface area contributed by atoms with Crippen LogP contribution in [0.3, 0.4) is 0 Å². The molecule has 0 amide bonds. The molecule has 1 aliphatic rings. The van der Waals surface area contributed by atoms with Crippen molar-refractivity contribution in [3.8, 4) is 0 Å². The molecule has 0 radical (unpaired) electrons. The summed E-state index contributed by atoms with van der Waals surface area (Å²) < 4.78 is 0. The fraction of sp³-hybridized carbons (Fsp3) is 0.933. The molecule has 1 saturated heterocycles. The molecule has 1 unspecified atom stereocenters. The van der Waals surface area contributed by atoms with Gasteiger partial charge in [0.05, 0.1) is 0 Å². The highest BCUT2D eigenvalue weighted by Gasteiger charge is 2.38. The Kier molecular flexibility index (Phi) is 6.79. The lowest BCUT2D eigenvalue weighted by molar-refractivity contribution is -0.128. The summed E-state index contributed by atoms with van der Waals surface area (Å²) in [5.41, 5.74) is -0.0105. The van der Waals surface area contributed by atoms with Crippen LogP contribution in [0.25, 0.3) is 0 Å². The van der Waals surface area contributed by atoms with E-state index in [0.29, 0.717) is 5.78 Å². The molecule has 1 heterocycles. The van der Waals surface area contributed by atoms with Crippen molar-refractivity contribution in [2.75, 3.05) is 13.1 Å². The maximum absolute atomic E-state index is 12.2. The first kappa shape index (κ1) is 14.7. The van der Waals surface area contributed by atoms with Gasteiger partial charge in [-0.25, -0.2) is 0 Å². The predicted octanol–water partition coefficient (Wildman–Crippen LogP) is 3.70. The van der Waals surface area contributed by atoms with Crippen LogP contribution in [0, 0.1) is 5.41 Å². The van der Waals surface area contributed by atoms with Gasteiger partial charge in [0.1, 0.15) is 5.78 Å². The molecule has 1 atom stereocenters. The Morgan fingerprint density at radius 1 is 1.12 bits per heavy atom. The fourth-order valence-electron chi connectivity index (χ4n) is 2.81. The van der Waals surface area contributed by atoms with Crippen LogP contribution in [-0.4, -0.2) is 18.9 Å². The van der Waals surface area contributed by atoms with Crippen LogP contribution in [-0.2, 0) is 4.79 Å². The number of hydrogen-bond donors (Lipinski definition) is 1. The lowest BCUT2D eigenvalue weighted by Gasteiger charge is -2.24. The van der Waals surface area contributed by atoms with Gasteiger partial charge in [0, 0.05) is 18.4 Å². The van der Waals surface area contributed by atoms with E-state index in [0.717, 1.165) is 38.8 Å². The molecule has 2 heteroatoms. The van der Waals surface area contributed by atoms with Gasteiger partial charge in [0.2, 0.25) is 0 Å². The van der Waals surface area contributed by atoms with Gasteiger partial charge in [0.25, 0.3) is 0 Å². The number of hydrogen-bond acceptors (Lipinski definition) is 2. The molecule has 1 rings (SSSR count). The first-order valence-electron chi connectivity index (χ1n) is 7.49. The van der Waals surface area contributed by atoms with Crippen molar-refractivity contribution in [1.82, 2.24) is 5.32 Å². The summed E-state index contributed by atoms with van der Waals surface area (Å²) in [6, 6.07) is 0. The molecule has 1 fully saturated rings. The molecule has 0 aliphatic carbocycles. The zero-order valence-electron chi connectivity index (χ0n) is 11.7. The first-order chi connectivity index (χ1) is 8.25. The number of rotatable bonds is 9. The number of nitrogens with one attached hydrogen (secondary N) is 1. The summed E-state index contributed by atoms with van der Waals surface area (Å²) in [4.78, 5) is 12.2. The molecular weight excluding hydrogens is 210 g/mol. The quantitative estimate of drug-likeness (QED) is 0.622. The second-order valence-corrected chi connectivity index (χ2v) is 5.50. The van der Waals surface area contributed by atoms with Crippen LogP contribution >= 0.6 is 0 Å². The number of Topliss-reactive ketones (excluding diaryl/α,β-unsaturated/α-hetero) is 1. The van der Waals surface area contributed by atoms with E-state index in [1.807, 2.05) is 0 Å². The molecule has 1 aliphatic heterocycles. The van der Waals surface area contributed by atoms with E-state index in [2.05, 4.69) is 19.2 Å². The lowest BCUT2D eigenvalue weighted by Crippen LogP contribution is -2.32. The van der Waals surface area contributed by atoms with Crippen LogP contribution in [0.15, 0.2) is 0 Å². The Hall–Kier alpha value is -0.370. The molecule has 0 bridgehead atoms. The van der Waals surface area contributed by atoms with Crippen LogP contribution in [0.4, 0.5) is 0 Å². The maximum Gasteiger partial charge on any atom is 0.140 e. The van der Waals surface area contributed by atoms with Crippen molar-refractivity contribution in [3.63, 3.8) is 0 Å². The smallest absolute Gasteiger partial charge is 0.140 e. The minimum Gasteiger partial charge on any atom is -0.316 e. The van der Waals surface area contributed by atoms with E-state index in [1.165, 1.54) is 32.1 Å². The summed E-state index contributed by atoms with van der Waals surface area (Å²) in [5, 5.41) is 3.34. The fourth-order valence-corrected chi connectivity index (χ4v) is 2.81. The van der Waals surface area contributed by atoms with E-state index < -0.39 is 0 Å². The van der Waals surface area contributed by atoms with Gasteiger partial charge in [-0.2, -0.15) is 0 Å². The van der Waals surface area contributed by atoms with E-state index in [1.54, 1.807) is 0 Å². The standard InChI is InChI=1S/C15H29NO/c1-3-5-6-7-8-9-10-14(17)15(4-2)11-12-16-13-15/h16H,3-13H2,1-2H3. The van der Waals surface area contributed by atoms with Crippen LogP contribution in [0.1, 0.15) is 71.6 Å². The van der Waals surface area contributed by atoms with E-state index in [4.69, 9.17) is 0 Å². The molecule has 0 aromatic carbocycles. The highest BCUT2D eigenvalue weighted by Crippen LogP contribution is 2.32. The highest BCUT2D eigenvalue weighted by atomic mass is 16.1. The summed E-state index contributed by atoms with van der Waals surface area (Å²) in [6.07, 6.45) is 10.5. The Bertz CT molecular complexity index is 219. The molecule has 0 saturated carbocycles. The monoisotopic (exact) mass is 239 g/mol. The SMILES string of the molecule is CCCCCCCCC(=O)C1(CC)CCNC1. The van der Waals surface area contributed by atoms with Gasteiger partial charge >= 0.3 is 0 Å². The van der Waals surface area contributed by atoms with Crippen molar-refractivity contribution in [2.24, 2.45) is 5.41 Å². The molecule has 1 N–H and O–H groups in total. The summed E-state index contributed by atoms with van der Waals surface area (Å²) in [7, 11) is 0. The molecule has 0 aromatic rings. The minimum atomic E-state index is -0.0105. The number of unbranched alkanes of at least 4 members (excludes halogenated alkanes) is 5. The van der Waals surface area contributed by atoms with Gasteiger partial charge in [-0.3, -0.25) is 4.79 Å². The number of carbonyl (C=O) groups excluding carboxylic acids is 1. The van der Waals surface area contributed by atoms with Gasteiger partial charge in [-0.15, -0.1) is 0 Å². The van der Waals surface area contributed by atoms with Gasteiger partial charge in [-0.1, -0.05) is 46.0 Å². The van der Waals surface area contributed by atoms with E-state index >= 15 is 0 Å². The summed E-state index contributed by atoms with van der Waals surface area (Å²) >= 11 is 0. The van der Waals surface area contributed by atoms with Crippen molar-refractivity contribution in [1.29, 1.82) is 0 Å². The van der Waals surface area contributed by atoms with Gasteiger partial charge in [-0.05, 0) is 25.8 Å². The predicted molar refractivity (Wildman–Crippen MR) is 73.2 cm³/mol. The average molecular weight is 239 g/mol. The second-order valence-electron chi connectivity index (χ2n) is 5.50. The third-order valence-electron chi connectivity index (χ3n) is 4.27. The maximum atomic E-state index is 12.2. The van der Waals surface area contributed by atoms with Crippen molar-refractivity contribution in [2.45, 2.75) is 71.6 Å². The number of carbonyl (C=O) groups is 1. The Morgan fingerprint density at radius 2 is 1.82 bits per heavy atom. The topological polar surface area (TPSA) is 29.1 Å². The normalized spacial score (nSPS) is 24.1. The average Bonchev–Trinajstić information content (AvgIpc) is 2.83. The van der Waals surface area contributed by atoms with Gasteiger partial charge < -0.3 is 5.32 Å². The molecule has 100 valence electrons. The first-order valence-corrected chi connectivity index (χ1v) is 7.49. The van der Waals surface area contributed by atoms with E-state index in [-0.39, 0.29) is 5.41 Å². The largest absolute Gasteiger partial charge is 0.316 e. The van der Waals surface area contributed by atoms with Gasteiger partial charge in [0.15, 0.2) is 0 Å². The minimum absolute atomic E-state index is 0.0105. The third-order valence-corrected chi connectivity index (χ3v) is 4.27. The van der Waals surface area contributed by atoms with Crippen molar-refractivity contribution >= 4 is 5.78 Å². The zero-order chi connectivity index (χ0) is 12.6. The third kappa shape index (κ3) is 4.42. The lowest BCUT2D eigenvalue weighted by atomic mass is 9.78. The van der Waals surface area contributed by atoms with Crippen LogP contribution < -0.4 is 5.32 Å². The Balaban J connectivity index is 2.15. The van der Waals surface area contributed by atoms with Crippen molar-refractivity contribution in [3.05, 3.63) is 0 Å². The highest BCUT2D eigenvalue weighted by molar-refractivity contribution is 5.85. The second kappa shape index (κ2) is 7.86. The zero-order valence-corrected chi connectivity index (χ0v) is 11.7. The van der Waals surface area contributed by atoms with Crippen LogP contribution in [0.5, 0.6) is 0 Å². The van der Waals surface area contributed by atoms with Crippen molar-refractivity contribution < 1.29 is 4.79 Å². The molecular formula is C15H29NO. The Morgan fingerprint density at radius 3 is 2.41 bits per heavy atom. The Labute approximate surface area is 107 Å². The summed E-state index contributed by atoms with van der Waals surface area (Å²) in [6.45, 7) is 6.34. The molecule has 0 spiro atoms. The van der Waals surface area contributed by atoms with E-state index in [9.17, 15) is 4.79 Å². The number of ketones is 1. The molecule has 2 nitrogen and oxygen atoms in total. The van der Waals surface area contributed by atoms with Crippen LogP contribution in [0.2, 0.25) is 0 Å². The molecule has 17 heavy (non-hydrogen) atoms. The molecule has 0 aromatic heterocycles.